The number of amides is 1. The molecule has 3 rings (SSSR count). The van der Waals surface area contributed by atoms with Gasteiger partial charge < -0.3 is 5.32 Å². The Kier molecular flexibility index (Phi) is 5.71. The second kappa shape index (κ2) is 8.17. The number of hydrogen-bond donors (Lipinski definition) is 1. The molecular weight excluding hydrogens is 328 g/mol. The number of thioether (sulfide) groups is 1. The summed E-state index contributed by atoms with van der Waals surface area (Å²) in [4.78, 5) is 17.0. The maximum atomic E-state index is 12.3. The van der Waals surface area contributed by atoms with Crippen LogP contribution in [0.1, 0.15) is 18.1 Å². The Balaban J connectivity index is 1.58. The van der Waals surface area contributed by atoms with Crippen LogP contribution in [0.2, 0.25) is 0 Å². The van der Waals surface area contributed by atoms with Crippen LogP contribution < -0.4 is 5.32 Å². The zero-order valence-electron chi connectivity index (χ0n) is 14.5. The van der Waals surface area contributed by atoms with Crippen LogP contribution in [0.25, 0.3) is 10.9 Å². The fourth-order valence-corrected chi connectivity index (χ4v) is 3.68. The molecule has 0 aliphatic carbocycles. The lowest BCUT2D eigenvalue weighted by Gasteiger charge is -2.13. The molecule has 0 aliphatic heterocycles. The number of hydrogen-bond acceptors (Lipinski definition) is 3. The van der Waals surface area contributed by atoms with E-state index in [1.807, 2.05) is 43.3 Å². The van der Waals surface area contributed by atoms with Crippen LogP contribution in [0.5, 0.6) is 0 Å². The monoisotopic (exact) mass is 350 g/mol. The number of nitrogens with one attached hydrogen (secondary N) is 1. The number of para-hydroxylation sites is 1. The minimum Gasteiger partial charge on any atom is -0.355 e. The van der Waals surface area contributed by atoms with Gasteiger partial charge in [-0.2, -0.15) is 0 Å². The summed E-state index contributed by atoms with van der Waals surface area (Å²) in [5.74, 6) is 0.0496. The quantitative estimate of drug-likeness (QED) is 0.671. The molecule has 1 aromatic heterocycles. The molecule has 1 N–H and O–H groups in total. The van der Waals surface area contributed by atoms with Gasteiger partial charge in [-0.25, -0.2) is 4.98 Å². The van der Waals surface area contributed by atoms with Crippen molar-refractivity contribution in [3.63, 3.8) is 0 Å². The predicted octanol–water partition coefficient (Wildman–Crippen LogP) is 4.38. The van der Waals surface area contributed by atoms with Crippen LogP contribution in [-0.2, 0) is 11.2 Å². The van der Waals surface area contributed by atoms with Crippen LogP contribution in [-0.4, -0.2) is 22.7 Å². The Hall–Kier alpha value is -2.33. The molecule has 128 valence electrons. The molecule has 1 amide bonds. The van der Waals surface area contributed by atoms with Crippen molar-refractivity contribution in [2.75, 3.05) is 6.54 Å². The average molecular weight is 350 g/mol. The van der Waals surface area contributed by atoms with Gasteiger partial charge >= 0.3 is 0 Å². The first-order valence-corrected chi connectivity index (χ1v) is 9.36. The first kappa shape index (κ1) is 17.5. The molecule has 0 radical (unpaired) electrons. The molecule has 1 heterocycles. The molecule has 0 saturated carbocycles. The fraction of sp³-hybridized carbons (Fsp3) is 0.238. The maximum Gasteiger partial charge on any atom is 0.233 e. The molecule has 0 spiro atoms. The van der Waals surface area contributed by atoms with Crippen LogP contribution >= 0.6 is 11.8 Å². The van der Waals surface area contributed by atoms with Crippen molar-refractivity contribution < 1.29 is 4.79 Å². The van der Waals surface area contributed by atoms with E-state index in [2.05, 4.69) is 41.5 Å². The van der Waals surface area contributed by atoms with E-state index >= 15 is 0 Å². The van der Waals surface area contributed by atoms with Gasteiger partial charge in [0.15, 0.2) is 0 Å². The number of rotatable bonds is 6. The molecular formula is C21H22N2OS. The van der Waals surface area contributed by atoms with E-state index in [1.54, 1.807) is 0 Å². The van der Waals surface area contributed by atoms with Gasteiger partial charge in [-0.15, -0.1) is 0 Å². The third kappa shape index (κ3) is 4.60. The van der Waals surface area contributed by atoms with E-state index < -0.39 is 0 Å². The highest BCUT2D eigenvalue weighted by Crippen LogP contribution is 2.26. The van der Waals surface area contributed by atoms with Gasteiger partial charge in [0.2, 0.25) is 5.91 Å². The predicted molar refractivity (Wildman–Crippen MR) is 105 cm³/mol. The van der Waals surface area contributed by atoms with E-state index in [9.17, 15) is 4.79 Å². The van der Waals surface area contributed by atoms with Crippen molar-refractivity contribution in [3.05, 3.63) is 71.8 Å². The third-order valence-corrected chi connectivity index (χ3v) is 5.14. The summed E-state index contributed by atoms with van der Waals surface area (Å²) in [6, 6.07) is 20.3. The van der Waals surface area contributed by atoms with Gasteiger partial charge in [-0.1, -0.05) is 60.3 Å². The summed E-state index contributed by atoms with van der Waals surface area (Å²) < 4.78 is 0. The summed E-state index contributed by atoms with van der Waals surface area (Å²) in [6.45, 7) is 4.66. The van der Waals surface area contributed by atoms with Gasteiger partial charge in [0, 0.05) is 11.9 Å². The molecule has 4 heteroatoms. The summed E-state index contributed by atoms with van der Waals surface area (Å²) >= 11 is 1.50. The number of benzene rings is 2. The Morgan fingerprint density at radius 1 is 1.12 bits per heavy atom. The normalized spacial score (nSPS) is 12.1. The summed E-state index contributed by atoms with van der Waals surface area (Å²) in [6.07, 6.45) is 0.845. The van der Waals surface area contributed by atoms with Crippen LogP contribution in [0.3, 0.4) is 0 Å². The van der Waals surface area contributed by atoms with E-state index in [0.717, 1.165) is 22.3 Å². The third-order valence-electron chi connectivity index (χ3n) is 4.12. The highest BCUT2D eigenvalue weighted by Gasteiger charge is 2.15. The Morgan fingerprint density at radius 3 is 2.64 bits per heavy atom. The summed E-state index contributed by atoms with van der Waals surface area (Å²) in [5.41, 5.74) is 3.39. The Bertz CT molecular complexity index is 864. The minimum atomic E-state index is -0.177. The van der Waals surface area contributed by atoms with Crippen molar-refractivity contribution in [1.29, 1.82) is 0 Å². The number of carbonyl (C=O) groups is 1. The first-order chi connectivity index (χ1) is 12.1. The van der Waals surface area contributed by atoms with Crippen molar-refractivity contribution in [2.24, 2.45) is 0 Å². The molecule has 0 saturated heterocycles. The first-order valence-electron chi connectivity index (χ1n) is 8.48. The van der Waals surface area contributed by atoms with Crippen LogP contribution in [0, 0.1) is 6.92 Å². The number of carbonyl (C=O) groups excluding carboxylic acids is 1. The summed E-state index contributed by atoms with van der Waals surface area (Å²) in [5, 5.41) is 4.89. The van der Waals surface area contributed by atoms with Crippen molar-refractivity contribution in [2.45, 2.75) is 30.5 Å². The van der Waals surface area contributed by atoms with Gasteiger partial charge in [0.25, 0.3) is 0 Å². The molecule has 25 heavy (non-hydrogen) atoms. The molecule has 2 aromatic carbocycles. The second-order valence-corrected chi connectivity index (χ2v) is 7.44. The smallest absolute Gasteiger partial charge is 0.233 e. The summed E-state index contributed by atoms with van der Waals surface area (Å²) in [7, 11) is 0. The molecule has 1 atom stereocenters. The highest BCUT2D eigenvalue weighted by atomic mass is 32.2. The van der Waals surface area contributed by atoms with E-state index in [4.69, 9.17) is 0 Å². The number of fused-ring (bicyclic) bond motifs is 1. The van der Waals surface area contributed by atoms with Crippen molar-refractivity contribution in [1.82, 2.24) is 10.3 Å². The molecule has 0 aliphatic rings. The zero-order chi connectivity index (χ0) is 17.6. The lowest BCUT2D eigenvalue weighted by atomic mass is 10.1. The molecule has 0 fully saturated rings. The average Bonchev–Trinajstić information content (AvgIpc) is 2.62. The number of aromatic nitrogens is 1. The molecule has 3 aromatic rings. The standard InChI is InChI=1S/C21H22N2OS/c1-15-14-20(23-19-11-7-6-10-18(15)19)25-16(2)21(24)22-13-12-17-8-4-3-5-9-17/h3-11,14,16H,12-13H2,1-2H3,(H,22,24). The van der Waals surface area contributed by atoms with E-state index in [-0.39, 0.29) is 11.2 Å². The lowest BCUT2D eigenvalue weighted by molar-refractivity contribution is -0.120. The lowest BCUT2D eigenvalue weighted by Crippen LogP contribution is -2.32. The van der Waals surface area contributed by atoms with E-state index in [0.29, 0.717) is 6.54 Å². The van der Waals surface area contributed by atoms with Gasteiger partial charge in [-0.3, -0.25) is 4.79 Å². The van der Waals surface area contributed by atoms with Gasteiger partial charge in [0.05, 0.1) is 15.8 Å². The molecule has 0 bridgehead atoms. The SMILES string of the molecule is Cc1cc(SC(C)C(=O)NCCc2ccccc2)nc2ccccc12. The largest absolute Gasteiger partial charge is 0.355 e. The highest BCUT2D eigenvalue weighted by molar-refractivity contribution is 8.00. The van der Waals surface area contributed by atoms with Gasteiger partial charge in [0.1, 0.15) is 0 Å². The zero-order valence-corrected chi connectivity index (χ0v) is 15.3. The van der Waals surface area contributed by atoms with Gasteiger partial charge in [-0.05, 0) is 43.5 Å². The van der Waals surface area contributed by atoms with Crippen LogP contribution in [0.15, 0.2) is 65.7 Å². The van der Waals surface area contributed by atoms with Crippen molar-refractivity contribution in [3.8, 4) is 0 Å². The minimum absolute atomic E-state index is 0.0496. The fourth-order valence-electron chi connectivity index (χ4n) is 2.73. The molecule has 3 nitrogen and oxygen atoms in total. The van der Waals surface area contributed by atoms with Crippen molar-refractivity contribution >= 4 is 28.6 Å². The molecule has 1 unspecified atom stereocenters. The number of aryl methyl sites for hydroxylation is 1. The Morgan fingerprint density at radius 2 is 1.84 bits per heavy atom. The van der Waals surface area contributed by atoms with Crippen LogP contribution in [0.4, 0.5) is 0 Å². The topological polar surface area (TPSA) is 42.0 Å². The number of nitrogens with zero attached hydrogens (tertiary/aromatic N) is 1. The number of pyridine rings is 1. The Labute approximate surface area is 152 Å². The van der Waals surface area contributed by atoms with E-state index in [1.165, 1.54) is 22.9 Å². The maximum absolute atomic E-state index is 12.3. The second-order valence-electron chi connectivity index (χ2n) is 6.08.